The summed E-state index contributed by atoms with van der Waals surface area (Å²) in [4.78, 5) is 0. The Balaban J connectivity index is 3.40. The maximum absolute atomic E-state index is 9.34. The van der Waals surface area contributed by atoms with Crippen molar-refractivity contribution in [3.05, 3.63) is 0 Å². The summed E-state index contributed by atoms with van der Waals surface area (Å²) in [5, 5.41) is 18.6. The second-order valence-corrected chi connectivity index (χ2v) is 4.31. The van der Waals surface area contributed by atoms with Crippen molar-refractivity contribution in [2.75, 3.05) is 5.75 Å². The zero-order chi connectivity index (χ0) is 9.56. The van der Waals surface area contributed by atoms with Crippen molar-refractivity contribution in [3.63, 3.8) is 0 Å². The summed E-state index contributed by atoms with van der Waals surface area (Å²) in [5.41, 5.74) is 0. The third-order valence-electron chi connectivity index (χ3n) is 1.81. The van der Waals surface area contributed by atoms with E-state index in [1.165, 1.54) is 0 Å². The molecule has 74 valence electrons. The maximum Gasteiger partial charge on any atom is 0.0654 e. The Labute approximate surface area is 85.2 Å². The van der Waals surface area contributed by atoms with E-state index in [1.807, 2.05) is 6.92 Å². The average Bonchev–Trinajstić information content (AvgIpc) is 2.00. The Morgan fingerprint density at radius 1 is 1.17 bits per heavy atom. The molecule has 4 heteroatoms. The molecule has 0 rings (SSSR count). The van der Waals surface area contributed by atoms with E-state index < -0.39 is 6.10 Å². The molecule has 0 radical (unpaired) electrons. The number of hydrogen-bond donors (Lipinski definition) is 4. The predicted molar refractivity (Wildman–Crippen MR) is 58.2 cm³/mol. The minimum Gasteiger partial charge on any atom is -0.393 e. The van der Waals surface area contributed by atoms with Crippen LogP contribution >= 0.6 is 25.3 Å². The molecule has 2 nitrogen and oxygen atoms in total. The van der Waals surface area contributed by atoms with Gasteiger partial charge in [-0.3, -0.25) is 0 Å². The SMILES string of the molecule is CC(S)C(O)CCC(O)CCS. The second kappa shape index (κ2) is 7.06. The number of rotatable bonds is 6. The zero-order valence-corrected chi connectivity index (χ0v) is 9.14. The fourth-order valence-electron chi connectivity index (χ4n) is 0.898. The van der Waals surface area contributed by atoms with E-state index >= 15 is 0 Å². The van der Waals surface area contributed by atoms with Crippen molar-refractivity contribution >= 4 is 25.3 Å². The highest BCUT2D eigenvalue weighted by molar-refractivity contribution is 7.81. The second-order valence-electron chi connectivity index (χ2n) is 3.05. The van der Waals surface area contributed by atoms with Crippen molar-refractivity contribution < 1.29 is 10.2 Å². The molecular formula is C8H18O2S2. The van der Waals surface area contributed by atoms with Crippen LogP contribution in [-0.2, 0) is 0 Å². The molecule has 12 heavy (non-hydrogen) atoms. The lowest BCUT2D eigenvalue weighted by Crippen LogP contribution is -2.20. The van der Waals surface area contributed by atoms with E-state index in [-0.39, 0.29) is 11.4 Å². The highest BCUT2D eigenvalue weighted by Gasteiger charge is 2.12. The van der Waals surface area contributed by atoms with Gasteiger partial charge in [-0.15, -0.1) is 0 Å². The predicted octanol–water partition coefficient (Wildman–Crippen LogP) is 1.13. The van der Waals surface area contributed by atoms with Crippen LogP contribution in [0.15, 0.2) is 0 Å². The van der Waals surface area contributed by atoms with Gasteiger partial charge in [0.1, 0.15) is 0 Å². The number of hydrogen-bond acceptors (Lipinski definition) is 4. The van der Waals surface area contributed by atoms with Crippen LogP contribution in [-0.4, -0.2) is 33.4 Å². The van der Waals surface area contributed by atoms with Crippen LogP contribution in [0.4, 0.5) is 0 Å². The van der Waals surface area contributed by atoms with Gasteiger partial charge in [0.25, 0.3) is 0 Å². The molecule has 3 atom stereocenters. The summed E-state index contributed by atoms with van der Waals surface area (Å²) in [6.45, 7) is 1.85. The highest BCUT2D eigenvalue weighted by atomic mass is 32.1. The molecule has 0 heterocycles. The third kappa shape index (κ3) is 6.17. The molecule has 0 aromatic heterocycles. The molecule has 3 unspecified atom stereocenters. The van der Waals surface area contributed by atoms with E-state index in [1.54, 1.807) is 0 Å². The molecule has 0 aliphatic rings. The smallest absolute Gasteiger partial charge is 0.0654 e. The largest absolute Gasteiger partial charge is 0.393 e. The van der Waals surface area contributed by atoms with Crippen molar-refractivity contribution in [1.82, 2.24) is 0 Å². The molecule has 0 bridgehead atoms. The Morgan fingerprint density at radius 2 is 1.75 bits per heavy atom. The first-order valence-electron chi connectivity index (χ1n) is 4.23. The van der Waals surface area contributed by atoms with E-state index in [2.05, 4.69) is 25.3 Å². The lowest BCUT2D eigenvalue weighted by Gasteiger charge is -2.15. The standard InChI is InChI=1S/C8H18O2S2/c1-6(12)8(10)3-2-7(9)4-5-11/h6-12H,2-5H2,1H3. The Bertz CT molecular complexity index is 109. The van der Waals surface area contributed by atoms with Gasteiger partial charge >= 0.3 is 0 Å². The molecule has 0 saturated heterocycles. The molecular weight excluding hydrogens is 192 g/mol. The molecule has 0 aromatic carbocycles. The third-order valence-corrected chi connectivity index (χ3v) is 2.42. The summed E-state index contributed by atoms with van der Waals surface area (Å²) in [6.07, 6.45) is 1.19. The van der Waals surface area contributed by atoms with Gasteiger partial charge in [0, 0.05) is 5.25 Å². The molecule has 0 aliphatic heterocycles. The van der Waals surface area contributed by atoms with E-state index in [0.29, 0.717) is 25.0 Å². The summed E-state index contributed by atoms with van der Waals surface area (Å²) in [7, 11) is 0. The Hall–Kier alpha value is 0.620. The number of thiol groups is 2. The molecule has 0 spiro atoms. The lowest BCUT2D eigenvalue weighted by atomic mass is 10.1. The molecule has 0 aliphatic carbocycles. The number of aliphatic hydroxyl groups excluding tert-OH is 2. The summed E-state index contributed by atoms with van der Waals surface area (Å²) >= 11 is 8.11. The van der Waals surface area contributed by atoms with Crippen LogP contribution in [0.5, 0.6) is 0 Å². The number of aliphatic hydroxyl groups is 2. The van der Waals surface area contributed by atoms with Crippen LogP contribution in [0.3, 0.4) is 0 Å². The Morgan fingerprint density at radius 3 is 2.17 bits per heavy atom. The monoisotopic (exact) mass is 210 g/mol. The first kappa shape index (κ1) is 12.6. The molecule has 0 amide bonds. The van der Waals surface area contributed by atoms with Gasteiger partial charge in [0.2, 0.25) is 0 Å². The molecule has 0 fully saturated rings. The van der Waals surface area contributed by atoms with Gasteiger partial charge in [0.15, 0.2) is 0 Å². The summed E-state index contributed by atoms with van der Waals surface area (Å²) in [6, 6.07) is 0. The minimum absolute atomic E-state index is 0.0202. The van der Waals surface area contributed by atoms with Crippen LogP contribution in [0, 0.1) is 0 Å². The van der Waals surface area contributed by atoms with Crippen LogP contribution in [0.2, 0.25) is 0 Å². The van der Waals surface area contributed by atoms with Gasteiger partial charge in [-0.05, 0) is 25.0 Å². The van der Waals surface area contributed by atoms with Gasteiger partial charge in [-0.1, -0.05) is 6.92 Å². The quantitative estimate of drug-likeness (QED) is 0.496. The summed E-state index contributed by atoms with van der Waals surface area (Å²) in [5.74, 6) is 0.688. The van der Waals surface area contributed by atoms with Crippen LogP contribution in [0.1, 0.15) is 26.2 Å². The first-order chi connectivity index (χ1) is 5.57. The van der Waals surface area contributed by atoms with Crippen molar-refractivity contribution in [1.29, 1.82) is 0 Å². The molecule has 0 aromatic rings. The average molecular weight is 210 g/mol. The maximum atomic E-state index is 9.34. The molecule has 2 N–H and O–H groups in total. The van der Waals surface area contributed by atoms with E-state index in [4.69, 9.17) is 0 Å². The van der Waals surface area contributed by atoms with Crippen molar-refractivity contribution in [2.24, 2.45) is 0 Å². The van der Waals surface area contributed by atoms with Crippen molar-refractivity contribution in [2.45, 2.75) is 43.6 Å². The van der Waals surface area contributed by atoms with Crippen LogP contribution in [0.25, 0.3) is 0 Å². The Kier molecular flexibility index (Phi) is 7.43. The van der Waals surface area contributed by atoms with Gasteiger partial charge in [0.05, 0.1) is 12.2 Å². The van der Waals surface area contributed by atoms with Gasteiger partial charge in [-0.25, -0.2) is 0 Å². The van der Waals surface area contributed by atoms with Gasteiger partial charge < -0.3 is 10.2 Å². The fraction of sp³-hybridized carbons (Fsp3) is 1.00. The fourth-order valence-corrected chi connectivity index (χ4v) is 1.34. The first-order valence-corrected chi connectivity index (χ1v) is 5.38. The van der Waals surface area contributed by atoms with E-state index in [0.717, 1.165) is 0 Å². The normalized spacial score (nSPS) is 18.8. The van der Waals surface area contributed by atoms with Crippen LogP contribution < -0.4 is 0 Å². The van der Waals surface area contributed by atoms with Crippen molar-refractivity contribution in [3.8, 4) is 0 Å². The highest BCUT2D eigenvalue weighted by Crippen LogP contribution is 2.11. The zero-order valence-electron chi connectivity index (χ0n) is 7.35. The van der Waals surface area contributed by atoms with E-state index in [9.17, 15) is 10.2 Å². The van der Waals surface area contributed by atoms with Gasteiger partial charge in [-0.2, -0.15) is 25.3 Å². The topological polar surface area (TPSA) is 40.5 Å². The summed E-state index contributed by atoms with van der Waals surface area (Å²) < 4.78 is 0. The lowest BCUT2D eigenvalue weighted by molar-refractivity contribution is 0.113. The minimum atomic E-state index is -0.414. The molecule has 0 saturated carbocycles.